The van der Waals surface area contributed by atoms with Crippen molar-refractivity contribution in [2.24, 2.45) is 23.7 Å². The number of carbonyl (C=O) groups excluding carboxylic acids is 4. The predicted molar refractivity (Wildman–Crippen MR) is 200 cm³/mol. The van der Waals surface area contributed by atoms with Crippen molar-refractivity contribution in [2.75, 3.05) is 17.4 Å². The molecule has 10 nitrogen and oxygen atoms in total. The van der Waals surface area contributed by atoms with Gasteiger partial charge >= 0.3 is 6.18 Å². The Morgan fingerprint density at radius 1 is 0.946 bits per heavy atom. The number of pyridine rings is 1. The maximum Gasteiger partial charge on any atom is 0.417 e. The molecule has 3 fully saturated rings. The number of anilines is 2. The van der Waals surface area contributed by atoms with E-state index in [-0.39, 0.29) is 36.1 Å². The number of alkyl halides is 3. The summed E-state index contributed by atoms with van der Waals surface area (Å²) in [6, 6.07) is 18.6. The van der Waals surface area contributed by atoms with Crippen LogP contribution in [0.4, 0.5) is 24.7 Å². The highest BCUT2D eigenvalue weighted by atomic mass is 35.5. The Morgan fingerprint density at radius 2 is 1.66 bits per heavy atom. The van der Waals surface area contributed by atoms with Crippen LogP contribution >= 0.6 is 23.2 Å². The number of ether oxygens (including phenoxy) is 1. The number of methoxy groups -OCH3 is 1. The first-order chi connectivity index (χ1) is 26.7. The first-order valence-corrected chi connectivity index (χ1v) is 18.6. The van der Waals surface area contributed by atoms with Crippen molar-refractivity contribution < 1.29 is 42.2 Å². The van der Waals surface area contributed by atoms with E-state index in [2.05, 4.69) is 10.4 Å². The van der Waals surface area contributed by atoms with Gasteiger partial charge in [-0.3, -0.25) is 29.5 Å². The molecule has 0 bridgehead atoms. The maximum absolute atomic E-state index is 15.4. The molecule has 15 heteroatoms. The number of allylic oxidation sites excluding steroid dienone is 2. The summed E-state index contributed by atoms with van der Waals surface area (Å²) in [6.45, 7) is 2.00. The zero-order chi connectivity index (χ0) is 39.8. The molecule has 2 aliphatic carbocycles. The highest BCUT2D eigenvalue weighted by Crippen LogP contribution is 2.65. The summed E-state index contributed by atoms with van der Waals surface area (Å²) in [5.74, 6) is -7.22. The third kappa shape index (κ3) is 5.65. The lowest BCUT2D eigenvalue weighted by atomic mass is 9.49. The number of phenolic OH excluding ortho intramolecular Hbond substituents is 1. The first kappa shape index (κ1) is 37.5. The van der Waals surface area contributed by atoms with E-state index < -0.39 is 69.5 Å². The van der Waals surface area contributed by atoms with Crippen LogP contribution in [0.25, 0.3) is 0 Å². The van der Waals surface area contributed by atoms with Gasteiger partial charge in [-0.2, -0.15) is 18.2 Å². The van der Waals surface area contributed by atoms with E-state index in [4.69, 9.17) is 27.9 Å². The van der Waals surface area contributed by atoms with Crippen molar-refractivity contribution in [1.29, 1.82) is 0 Å². The lowest BCUT2D eigenvalue weighted by Gasteiger charge is -2.50. The largest absolute Gasteiger partial charge is 0.508 e. The third-order valence-electron chi connectivity index (χ3n) is 11.7. The number of benzene rings is 3. The summed E-state index contributed by atoms with van der Waals surface area (Å²) in [5, 5.41) is 11.1. The molecule has 0 radical (unpaired) electrons. The van der Waals surface area contributed by atoms with Gasteiger partial charge in [0.05, 0.1) is 46.6 Å². The van der Waals surface area contributed by atoms with E-state index in [9.17, 15) is 32.7 Å². The highest BCUT2D eigenvalue weighted by molar-refractivity contribution is 6.33. The minimum atomic E-state index is -4.76. The minimum Gasteiger partial charge on any atom is -0.508 e. The number of halogens is 5. The van der Waals surface area contributed by atoms with E-state index in [0.717, 1.165) is 17.0 Å². The molecule has 0 spiro atoms. The third-order valence-corrected chi connectivity index (χ3v) is 12.2. The van der Waals surface area contributed by atoms with Gasteiger partial charge in [0.2, 0.25) is 11.8 Å². The number of aromatic nitrogens is 1. The second-order valence-electron chi connectivity index (χ2n) is 14.4. The average molecular weight is 806 g/mol. The smallest absolute Gasteiger partial charge is 0.417 e. The molecule has 0 unspecified atom stereocenters. The number of phenols is 1. The van der Waals surface area contributed by atoms with Gasteiger partial charge in [0.1, 0.15) is 11.5 Å². The molecule has 3 aromatic carbocycles. The SMILES string of the molecule is CCc1ccc(N2C(=O)[C@H]3[C@H](CC=C4[C@H]3C[C@H]3C(=O)N(Nc5ncc(C(F)(F)F)cc5Cl)C(=O)[C@@]3(c3ccc(Cl)cc3)[C@H]4c3ccc(O)cc3OC)C2=O)cc1. The highest BCUT2D eigenvalue weighted by Gasteiger charge is 2.70. The zero-order valence-corrected chi connectivity index (χ0v) is 31.3. The molecule has 3 heterocycles. The van der Waals surface area contributed by atoms with Crippen molar-refractivity contribution in [3.63, 3.8) is 0 Å². The number of hydrogen-bond donors (Lipinski definition) is 2. The van der Waals surface area contributed by atoms with Gasteiger partial charge in [0.25, 0.3) is 11.8 Å². The van der Waals surface area contributed by atoms with E-state index in [1.165, 1.54) is 24.1 Å². The van der Waals surface area contributed by atoms with Gasteiger partial charge < -0.3 is 9.84 Å². The second kappa shape index (κ2) is 13.7. The molecule has 4 aliphatic rings. The molecule has 6 atom stereocenters. The number of rotatable bonds is 7. The summed E-state index contributed by atoms with van der Waals surface area (Å²) in [5.41, 5.74) is 2.60. The monoisotopic (exact) mass is 804 g/mol. The van der Waals surface area contributed by atoms with Crippen LogP contribution < -0.4 is 15.1 Å². The van der Waals surface area contributed by atoms with Crippen molar-refractivity contribution in [3.8, 4) is 11.5 Å². The van der Waals surface area contributed by atoms with E-state index in [0.29, 0.717) is 39.7 Å². The first-order valence-electron chi connectivity index (χ1n) is 17.9. The summed E-state index contributed by atoms with van der Waals surface area (Å²) in [7, 11) is 1.39. The zero-order valence-electron chi connectivity index (χ0n) is 29.8. The predicted octanol–water partition coefficient (Wildman–Crippen LogP) is 7.87. The average Bonchev–Trinajstić information content (AvgIpc) is 3.56. The Kier molecular flexibility index (Phi) is 9.15. The molecule has 56 heavy (non-hydrogen) atoms. The number of hydrazine groups is 1. The van der Waals surface area contributed by atoms with Gasteiger partial charge in [0, 0.05) is 28.8 Å². The van der Waals surface area contributed by atoms with Crippen LogP contribution in [-0.4, -0.2) is 45.8 Å². The van der Waals surface area contributed by atoms with E-state index in [1.54, 1.807) is 42.5 Å². The lowest BCUT2D eigenvalue weighted by molar-refractivity contribution is -0.139. The van der Waals surface area contributed by atoms with Crippen molar-refractivity contribution in [2.45, 2.75) is 43.7 Å². The molecule has 1 aromatic heterocycles. The summed E-state index contributed by atoms with van der Waals surface area (Å²) in [4.78, 5) is 63.9. The van der Waals surface area contributed by atoms with Gasteiger partial charge in [-0.1, -0.05) is 72.1 Å². The second-order valence-corrected chi connectivity index (χ2v) is 15.2. The van der Waals surface area contributed by atoms with Crippen molar-refractivity contribution in [3.05, 3.63) is 123 Å². The number of carbonyl (C=O) groups is 4. The number of amides is 4. The fourth-order valence-electron chi connectivity index (χ4n) is 9.20. The standard InChI is InChI=1S/C41H33Cl2F3N4O6/c1-3-20-4-10-24(11-5-20)49-36(52)28-15-14-26-29(33(28)38(49)54)18-30-37(53)50(48-35-31(43)16-22(19-47-35)41(44,45)46)39(55)40(30,21-6-8-23(42)9-7-21)34(26)27-13-12-25(51)17-32(27)56-2/h4-14,16-17,19,28-30,33-34,51H,3,15,18H2,1-2H3,(H,47,48)/t28-,29+,30-,33-,34+,40+/m0/s1. The quantitative estimate of drug-likeness (QED) is 0.143. The van der Waals surface area contributed by atoms with Gasteiger partial charge in [-0.25, -0.2) is 4.98 Å². The Bertz CT molecular complexity index is 2340. The summed E-state index contributed by atoms with van der Waals surface area (Å²) >= 11 is 12.6. The number of nitrogens with zero attached hydrogens (tertiary/aromatic N) is 3. The van der Waals surface area contributed by atoms with Crippen LogP contribution in [0.1, 0.15) is 47.9 Å². The Hall–Kier alpha value is -5.40. The van der Waals surface area contributed by atoms with Crippen LogP contribution in [0, 0.1) is 23.7 Å². The number of imide groups is 2. The van der Waals surface area contributed by atoms with Crippen molar-refractivity contribution >= 4 is 58.3 Å². The summed E-state index contributed by atoms with van der Waals surface area (Å²) < 4.78 is 46.3. The topological polar surface area (TPSA) is 129 Å². The molecule has 2 aliphatic heterocycles. The van der Waals surface area contributed by atoms with Crippen LogP contribution in [0.15, 0.2) is 90.6 Å². The minimum absolute atomic E-state index is 0.0505. The molecule has 8 rings (SSSR count). The molecular formula is C41H33Cl2F3N4O6. The molecule has 288 valence electrons. The molecule has 1 saturated carbocycles. The molecule has 4 aromatic rings. The maximum atomic E-state index is 15.4. The molecular weight excluding hydrogens is 772 g/mol. The molecule has 2 N–H and O–H groups in total. The van der Waals surface area contributed by atoms with E-state index >= 15 is 4.79 Å². The normalized spacial score (nSPS) is 25.8. The number of aromatic hydroxyl groups is 1. The number of nitrogens with one attached hydrogen (secondary N) is 1. The number of aryl methyl sites for hydroxylation is 1. The summed E-state index contributed by atoms with van der Waals surface area (Å²) in [6.07, 6.45) is -1.47. The van der Waals surface area contributed by atoms with Gasteiger partial charge in [0.15, 0.2) is 5.82 Å². The van der Waals surface area contributed by atoms with Gasteiger partial charge in [-0.15, -0.1) is 0 Å². The van der Waals surface area contributed by atoms with Crippen molar-refractivity contribution in [1.82, 2.24) is 9.99 Å². The van der Waals surface area contributed by atoms with Crippen LogP contribution in [0.3, 0.4) is 0 Å². The van der Waals surface area contributed by atoms with Gasteiger partial charge in [-0.05, 0) is 72.7 Å². The Morgan fingerprint density at radius 3 is 2.30 bits per heavy atom. The Balaban J connectivity index is 1.31. The van der Waals surface area contributed by atoms with E-state index in [1.807, 2.05) is 25.1 Å². The van der Waals surface area contributed by atoms with Crippen LogP contribution in [-0.2, 0) is 37.2 Å². The number of hydrogen-bond acceptors (Lipinski definition) is 8. The molecule has 4 amide bonds. The fourth-order valence-corrected chi connectivity index (χ4v) is 9.54. The van der Waals surface area contributed by atoms with Crippen LogP contribution in [0.2, 0.25) is 10.0 Å². The fraction of sp³-hybridized carbons (Fsp3) is 0.293. The molecule has 2 saturated heterocycles. The lowest BCUT2D eigenvalue weighted by Crippen LogP contribution is -2.53. The Labute approximate surface area is 328 Å². The number of fused-ring (bicyclic) bond motifs is 4. The van der Waals surface area contributed by atoms with Crippen LogP contribution in [0.5, 0.6) is 11.5 Å².